The SMILES string of the molecule is N#Cc1cccc(C(=O)N2CCn3nc4c(c3C2)CCC4)c1. The van der Waals surface area contributed by atoms with Crippen molar-refractivity contribution in [3.8, 4) is 6.07 Å². The molecule has 110 valence electrons. The first kappa shape index (κ1) is 13.1. The second kappa shape index (κ2) is 4.99. The molecule has 0 bridgehead atoms. The molecule has 0 spiro atoms. The minimum Gasteiger partial charge on any atom is -0.331 e. The Morgan fingerprint density at radius 2 is 2.18 bits per heavy atom. The molecule has 1 aliphatic heterocycles. The molecule has 22 heavy (non-hydrogen) atoms. The predicted octanol–water partition coefficient (Wildman–Crippen LogP) is 1.90. The van der Waals surface area contributed by atoms with Crippen LogP contribution in [0, 0.1) is 11.3 Å². The van der Waals surface area contributed by atoms with Crippen molar-refractivity contribution in [3.63, 3.8) is 0 Å². The van der Waals surface area contributed by atoms with Crippen LogP contribution in [-0.2, 0) is 25.9 Å². The number of rotatable bonds is 1. The molecule has 2 heterocycles. The van der Waals surface area contributed by atoms with Gasteiger partial charge in [0, 0.05) is 12.1 Å². The van der Waals surface area contributed by atoms with Crippen molar-refractivity contribution < 1.29 is 4.79 Å². The van der Waals surface area contributed by atoms with E-state index in [0.29, 0.717) is 24.2 Å². The van der Waals surface area contributed by atoms with Crippen LogP contribution in [0.25, 0.3) is 0 Å². The van der Waals surface area contributed by atoms with Crippen LogP contribution in [-0.4, -0.2) is 27.1 Å². The Morgan fingerprint density at radius 1 is 1.27 bits per heavy atom. The number of fused-ring (bicyclic) bond motifs is 3. The normalized spacial score (nSPS) is 16.0. The Balaban J connectivity index is 1.61. The molecule has 0 N–H and O–H groups in total. The summed E-state index contributed by atoms with van der Waals surface area (Å²) in [6.07, 6.45) is 3.31. The van der Waals surface area contributed by atoms with Gasteiger partial charge < -0.3 is 4.90 Å². The van der Waals surface area contributed by atoms with E-state index >= 15 is 0 Å². The van der Waals surface area contributed by atoms with Crippen LogP contribution in [0.2, 0.25) is 0 Å². The fourth-order valence-electron chi connectivity index (χ4n) is 3.43. The third-order valence-electron chi connectivity index (χ3n) is 4.54. The highest BCUT2D eigenvalue weighted by Gasteiger charge is 2.28. The number of hydrogen-bond acceptors (Lipinski definition) is 3. The molecule has 2 aliphatic rings. The van der Waals surface area contributed by atoms with Gasteiger partial charge in [0.05, 0.1) is 36.1 Å². The number of carbonyl (C=O) groups excluding carboxylic acids is 1. The van der Waals surface area contributed by atoms with E-state index in [1.807, 2.05) is 4.90 Å². The second-order valence-corrected chi connectivity index (χ2v) is 5.87. The molecule has 5 heteroatoms. The average molecular weight is 292 g/mol. The molecule has 0 radical (unpaired) electrons. The summed E-state index contributed by atoms with van der Waals surface area (Å²) >= 11 is 0. The van der Waals surface area contributed by atoms with Crippen LogP contribution in [0.5, 0.6) is 0 Å². The molecular weight excluding hydrogens is 276 g/mol. The molecule has 4 rings (SSSR count). The monoisotopic (exact) mass is 292 g/mol. The molecule has 1 amide bonds. The van der Waals surface area contributed by atoms with Crippen molar-refractivity contribution in [2.45, 2.75) is 32.4 Å². The molecule has 0 unspecified atom stereocenters. The van der Waals surface area contributed by atoms with E-state index in [1.165, 1.54) is 23.4 Å². The summed E-state index contributed by atoms with van der Waals surface area (Å²) in [6.45, 7) is 2.05. The van der Waals surface area contributed by atoms with Gasteiger partial charge in [-0.1, -0.05) is 6.07 Å². The lowest BCUT2D eigenvalue weighted by molar-refractivity contribution is 0.0705. The summed E-state index contributed by atoms with van der Waals surface area (Å²) in [5, 5.41) is 13.6. The summed E-state index contributed by atoms with van der Waals surface area (Å²) in [6, 6.07) is 9.01. The van der Waals surface area contributed by atoms with Crippen LogP contribution in [0.15, 0.2) is 24.3 Å². The molecular formula is C17H16N4O. The van der Waals surface area contributed by atoms with Gasteiger partial charge in [-0.05, 0) is 43.0 Å². The van der Waals surface area contributed by atoms with Gasteiger partial charge in [0.1, 0.15) is 0 Å². The zero-order valence-corrected chi connectivity index (χ0v) is 12.2. The quantitative estimate of drug-likeness (QED) is 0.806. The summed E-state index contributed by atoms with van der Waals surface area (Å²) in [7, 11) is 0. The number of benzene rings is 1. The van der Waals surface area contributed by atoms with Crippen molar-refractivity contribution in [3.05, 3.63) is 52.3 Å². The van der Waals surface area contributed by atoms with E-state index in [2.05, 4.69) is 15.8 Å². The minimum absolute atomic E-state index is 0.00343. The third kappa shape index (κ3) is 2.00. The van der Waals surface area contributed by atoms with E-state index in [-0.39, 0.29) is 5.91 Å². The van der Waals surface area contributed by atoms with Gasteiger partial charge in [-0.25, -0.2) is 0 Å². The Morgan fingerprint density at radius 3 is 3.05 bits per heavy atom. The highest BCUT2D eigenvalue weighted by molar-refractivity contribution is 5.94. The summed E-state index contributed by atoms with van der Waals surface area (Å²) < 4.78 is 2.07. The fourth-order valence-corrected chi connectivity index (χ4v) is 3.43. The zero-order chi connectivity index (χ0) is 15.1. The number of nitrogens with zero attached hydrogens (tertiary/aromatic N) is 4. The molecule has 5 nitrogen and oxygen atoms in total. The van der Waals surface area contributed by atoms with Gasteiger partial charge in [-0.2, -0.15) is 10.4 Å². The Labute approximate surface area is 128 Å². The number of aryl methyl sites for hydroxylation is 1. The number of amides is 1. The maximum atomic E-state index is 12.7. The molecule has 0 fully saturated rings. The van der Waals surface area contributed by atoms with Crippen LogP contribution < -0.4 is 0 Å². The lowest BCUT2D eigenvalue weighted by atomic mass is 10.1. The van der Waals surface area contributed by atoms with Gasteiger partial charge in [-0.15, -0.1) is 0 Å². The molecule has 1 aromatic heterocycles. The Hall–Kier alpha value is -2.61. The van der Waals surface area contributed by atoms with Gasteiger partial charge in [0.15, 0.2) is 0 Å². The molecule has 1 aliphatic carbocycles. The number of carbonyl (C=O) groups is 1. The molecule has 0 saturated carbocycles. The van der Waals surface area contributed by atoms with Gasteiger partial charge in [0.2, 0.25) is 0 Å². The highest BCUT2D eigenvalue weighted by Crippen LogP contribution is 2.28. The number of aromatic nitrogens is 2. The van der Waals surface area contributed by atoms with E-state index in [1.54, 1.807) is 24.3 Å². The average Bonchev–Trinajstić information content (AvgIpc) is 3.14. The smallest absolute Gasteiger partial charge is 0.254 e. The van der Waals surface area contributed by atoms with Crippen molar-refractivity contribution >= 4 is 5.91 Å². The van der Waals surface area contributed by atoms with Crippen LogP contribution >= 0.6 is 0 Å². The number of nitriles is 1. The standard InChI is InChI=1S/C17H16N4O/c18-10-12-3-1-4-13(9-12)17(22)20-7-8-21-16(11-20)14-5-2-6-15(14)19-21/h1,3-4,9H,2,5-8,11H2. The van der Waals surface area contributed by atoms with Crippen LogP contribution in [0.4, 0.5) is 0 Å². The first-order chi connectivity index (χ1) is 10.8. The van der Waals surface area contributed by atoms with Crippen molar-refractivity contribution in [2.75, 3.05) is 6.54 Å². The lowest BCUT2D eigenvalue weighted by Crippen LogP contribution is -2.38. The van der Waals surface area contributed by atoms with E-state index in [9.17, 15) is 4.79 Å². The summed E-state index contributed by atoms with van der Waals surface area (Å²) in [5.41, 5.74) is 4.88. The third-order valence-corrected chi connectivity index (χ3v) is 4.54. The van der Waals surface area contributed by atoms with Crippen molar-refractivity contribution in [2.24, 2.45) is 0 Å². The van der Waals surface area contributed by atoms with E-state index in [4.69, 9.17) is 5.26 Å². The zero-order valence-electron chi connectivity index (χ0n) is 12.2. The maximum absolute atomic E-state index is 12.7. The predicted molar refractivity (Wildman–Crippen MR) is 80.1 cm³/mol. The second-order valence-electron chi connectivity index (χ2n) is 5.87. The van der Waals surface area contributed by atoms with Crippen LogP contribution in [0.1, 0.15) is 39.3 Å². The topological polar surface area (TPSA) is 61.9 Å². The van der Waals surface area contributed by atoms with Crippen molar-refractivity contribution in [1.82, 2.24) is 14.7 Å². The molecule has 0 saturated heterocycles. The Kier molecular flexibility index (Phi) is 2.97. The van der Waals surface area contributed by atoms with Gasteiger partial charge in [0.25, 0.3) is 5.91 Å². The van der Waals surface area contributed by atoms with Gasteiger partial charge in [-0.3, -0.25) is 9.48 Å². The summed E-state index contributed by atoms with van der Waals surface area (Å²) in [4.78, 5) is 14.6. The fraction of sp³-hybridized carbons (Fsp3) is 0.353. The van der Waals surface area contributed by atoms with E-state index < -0.39 is 0 Å². The Bertz CT molecular complexity index is 799. The first-order valence-corrected chi connectivity index (χ1v) is 7.63. The molecule has 0 atom stereocenters. The minimum atomic E-state index is -0.00343. The summed E-state index contributed by atoms with van der Waals surface area (Å²) in [5.74, 6) is -0.00343. The van der Waals surface area contributed by atoms with Crippen LogP contribution in [0.3, 0.4) is 0 Å². The molecule has 1 aromatic carbocycles. The van der Waals surface area contributed by atoms with Crippen molar-refractivity contribution in [1.29, 1.82) is 5.26 Å². The van der Waals surface area contributed by atoms with Gasteiger partial charge >= 0.3 is 0 Å². The van der Waals surface area contributed by atoms with E-state index in [0.717, 1.165) is 19.4 Å². The lowest BCUT2D eigenvalue weighted by Gasteiger charge is -2.28. The first-order valence-electron chi connectivity index (χ1n) is 7.63. The largest absolute Gasteiger partial charge is 0.331 e. The number of hydrogen-bond donors (Lipinski definition) is 0. The maximum Gasteiger partial charge on any atom is 0.254 e. The highest BCUT2D eigenvalue weighted by atomic mass is 16.2. The molecule has 2 aromatic rings.